The van der Waals surface area contributed by atoms with Gasteiger partial charge < -0.3 is 15.3 Å². The second kappa shape index (κ2) is 5.64. The van der Waals surface area contributed by atoms with Gasteiger partial charge in [0.15, 0.2) is 6.10 Å². The van der Waals surface area contributed by atoms with Crippen LogP contribution in [0, 0.1) is 12.3 Å². The first kappa shape index (κ1) is 13.9. The zero-order valence-electron chi connectivity index (χ0n) is 10.6. The van der Waals surface area contributed by atoms with Gasteiger partial charge in [-0.2, -0.15) is 0 Å². The van der Waals surface area contributed by atoms with Gasteiger partial charge in [-0.3, -0.25) is 4.79 Å². The van der Waals surface area contributed by atoms with Gasteiger partial charge in [0.2, 0.25) is 0 Å². The molecule has 2 rings (SSSR count). The summed E-state index contributed by atoms with van der Waals surface area (Å²) < 4.78 is 0.825. The number of nitrogens with one attached hydrogen (secondary N) is 1. The molecule has 5 heteroatoms. The molecule has 1 atom stereocenters. The van der Waals surface area contributed by atoms with E-state index in [2.05, 4.69) is 39.0 Å². The molecule has 0 radical (unpaired) electrons. The van der Waals surface area contributed by atoms with Crippen LogP contribution in [0.3, 0.4) is 0 Å². The minimum Gasteiger partial charge on any atom is -0.378 e. The SMILES string of the molecule is C#CCN(CCC)c1cc2c(cc1Br)C(O)C(=O)N2. The van der Waals surface area contributed by atoms with Crippen LogP contribution in [0.25, 0.3) is 0 Å². The molecule has 2 N–H and O–H groups in total. The summed E-state index contributed by atoms with van der Waals surface area (Å²) >= 11 is 3.48. The van der Waals surface area contributed by atoms with Crippen LogP contribution in [0.4, 0.5) is 11.4 Å². The third kappa shape index (κ3) is 2.60. The van der Waals surface area contributed by atoms with E-state index in [0.29, 0.717) is 17.8 Å². The second-order valence-corrected chi connectivity index (χ2v) is 5.26. The first-order valence-electron chi connectivity index (χ1n) is 6.09. The van der Waals surface area contributed by atoms with Crippen molar-refractivity contribution in [3.05, 3.63) is 22.2 Å². The number of amides is 1. The van der Waals surface area contributed by atoms with Crippen molar-refractivity contribution in [3.8, 4) is 12.3 Å². The van der Waals surface area contributed by atoms with E-state index in [4.69, 9.17) is 6.42 Å². The summed E-state index contributed by atoms with van der Waals surface area (Å²) in [5, 5.41) is 12.4. The molecule has 0 bridgehead atoms. The molecule has 0 saturated carbocycles. The average molecular weight is 323 g/mol. The minimum absolute atomic E-state index is 0.391. The number of anilines is 2. The number of rotatable bonds is 4. The molecule has 100 valence electrons. The summed E-state index contributed by atoms with van der Waals surface area (Å²) in [5.74, 6) is 2.24. The quantitative estimate of drug-likeness (QED) is 0.836. The summed E-state index contributed by atoms with van der Waals surface area (Å²) in [5.41, 5.74) is 2.17. The van der Waals surface area contributed by atoms with E-state index in [1.807, 2.05) is 6.07 Å². The molecule has 19 heavy (non-hydrogen) atoms. The van der Waals surface area contributed by atoms with Crippen LogP contribution in [-0.2, 0) is 4.79 Å². The molecule has 1 heterocycles. The third-order valence-corrected chi connectivity index (χ3v) is 3.67. The maximum Gasteiger partial charge on any atom is 0.257 e. The molecule has 1 aliphatic rings. The molecule has 1 aromatic rings. The van der Waals surface area contributed by atoms with Crippen molar-refractivity contribution in [1.82, 2.24) is 0 Å². The van der Waals surface area contributed by atoms with Crippen LogP contribution >= 0.6 is 15.9 Å². The average Bonchev–Trinajstić information content (AvgIpc) is 2.64. The zero-order chi connectivity index (χ0) is 14.0. The van der Waals surface area contributed by atoms with Crippen LogP contribution in [0.5, 0.6) is 0 Å². The van der Waals surface area contributed by atoms with E-state index in [1.54, 1.807) is 6.07 Å². The Morgan fingerprint density at radius 2 is 2.32 bits per heavy atom. The lowest BCUT2D eigenvalue weighted by molar-refractivity contribution is -0.123. The predicted molar refractivity (Wildman–Crippen MR) is 79.1 cm³/mol. The molecule has 1 amide bonds. The van der Waals surface area contributed by atoms with Crippen molar-refractivity contribution in [2.24, 2.45) is 0 Å². The Hall–Kier alpha value is -1.51. The number of benzene rings is 1. The van der Waals surface area contributed by atoms with E-state index in [0.717, 1.165) is 23.1 Å². The van der Waals surface area contributed by atoms with Gasteiger partial charge in [0.1, 0.15) is 0 Å². The van der Waals surface area contributed by atoms with Crippen molar-refractivity contribution in [2.75, 3.05) is 23.3 Å². The highest BCUT2D eigenvalue weighted by Crippen LogP contribution is 2.38. The number of carbonyl (C=O) groups excluding carboxylic acids is 1. The van der Waals surface area contributed by atoms with E-state index >= 15 is 0 Å². The molecule has 1 aromatic carbocycles. The largest absolute Gasteiger partial charge is 0.378 e. The number of terminal acetylenes is 1. The molecule has 0 saturated heterocycles. The fraction of sp³-hybridized carbons (Fsp3) is 0.357. The first-order chi connectivity index (χ1) is 9.08. The maximum absolute atomic E-state index is 11.5. The van der Waals surface area contributed by atoms with Crippen molar-refractivity contribution in [3.63, 3.8) is 0 Å². The standard InChI is InChI=1S/C14H15BrN2O2/c1-3-5-17(6-4-2)12-8-11-9(7-10(12)15)13(18)14(19)16-11/h1,7-8,13,18H,4-6H2,2H3,(H,16,19). The van der Waals surface area contributed by atoms with Gasteiger partial charge in [-0.1, -0.05) is 12.8 Å². The molecule has 4 nitrogen and oxygen atoms in total. The van der Waals surface area contributed by atoms with Gasteiger partial charge in [-0.15, -0.1) is 6.42 Å². The highest BCUT2D eigenvalue weighted by molar-refractivity contribution is 9.10. The third-order valence-electron chi connectivity index (χ3n) is 3.04. The lowest BCUT2D eigenvalue weighted by Crippen LogP contribution is -2.24. The Morgan fingerprint density at radius 1 is 1.58 bits per heavy atom. The Labute approximate surface area is 120 Å². The first-order valence-corrected chi connectivity index (χ1v) is 6.88. The fourth-order valence-corrected chi connectivity index (χ4v) is 2.77. The van der Waals surface area contributed by atoms with Crippen LogP contribution < -0.4 is 10.2 Å². The molecule has 0 spiro atoms. The summed E-state index contributed by atoms with van der Waals surface area (Å²) in [6.45, 7) is 3.41. The van der Waals surface area contributed by atoms with Gasteiger partial charge in [-0.25, -0.2) is 0 Å². The van der Waals surface area contributed by atoms with Crippen LogP contribution in [0.15, 0.2) is 16.6 Å². The molecule has 1 unspecified atom stereocenters. The van der Waals surface area contributed by atoms with Crippen molar-refractivity contribution >= 4 is 33.2 Å². The van der Waals surface area contributed by atoms with E-state index < -0.39 is 12.0 Å². The number of fused-ring (bicyclic) bond motifs is 1. The van der Waals surface area contributed by atoms with Gasteiger partial charge in [0.05, 0.1) is 12.2 Å². The van der Waals surface area contributed by atoms with Gasteiger partial charge in [0, 0.05) is 22.3 Å². The Balaban J connectivity index is 2.41. The Kier molecular flexibility index (Phi) is 4.13. The number of hydrogen-bond donors (Lipinski definition) is 2. The summed E-state index contributed by atoms with van der Waals surface area (Å²) in [6, 6.07) is 3.62. The maximum atomic E-state index is 11.5. The second-order valence-electron chi connectivity index (χ2n) is 4.41. The van der Waals surface area contributed by atoms with Crippen LogP contribution in [0.2, 0.25) is 0 Å². The summed E-state index contributed by atoms with van der Waals surface area (Å²) in [6.07, 6.45) is 5.27. The molecular weight excluding hydrogens is 308 g/mol. The predicted octanol–water partition coefficient (Wildman–Crippen LogP) is 2.28. The van der Waals surface area contributed by atoms with Gasteiger partial charge in [-0.05, 0) is 34.5 Å². The topological polar surface area (TPSA) is 52.6 Å². The van der Waals surface area contributed by atoms with Crippen LogP contribution in [-0.4, -0.2) is 24.1 Å². The Morgan fingerprint density at radius 3 is 2.95 bits per heavy atom. The number of aliphatic hydroxyl groups excluding tert-OH is 1. The van der Waals surface area contributed by atoms with E-state index in [1.165, 1.54) is 0 Å². The molecule has 0 aliphatic carbocycles. The van der Waals surface area contributed by atoms with Gasteiger partial charge >= 0.3 is 0 Å². The van der Waals surface area contributed by atoms with Gasteiger partial charge in [0.25, 0.3) is 5.91 Å². The van der Waals surface area contributed by atoms with Crippen molar-refractivity contribution < 1.29 is 9.90 Å². The number of halogens is 1. The molecular formula is C14H15BrN2O2. The number of carbonyl (C=O) groups is 1. The fourth-order valence-electron chi connectivity index (χ4n) is 2.16. The number of aliphatic hydroxyl groups is 1. The van der Waals surface area contributed by atoms with Crippen molar-refractivity contribution in [1.29, 1.82) is 0 Å². The molecule has 1 aliphatic heterocycles. The lowest BCUT2D eigenvalue weighted by atomic mass is 10.1. The zero-order valence-corrected chi connectivity index (χ0v) is 12.2. The molecule has 0 fully saturated rings. The highest BCUT2D eigenvalue weighted by atomic mass is 79.9. The smallest absolute Gasteiger partial charge is 0.257 e. The minimum atomic E-state index is -1.09. The van der Waals surface area contributed by atoms with E-state index in [9.17, 15) is 9.90 Å². The summed E-state index contributed by atoms with van der Waals surface area (Å²) in [4.78, 5) is 13.5. The summed E-state index contributed by atoms with van der Waals surface area (Å²) in [7, 11) is 0. The molecule has 0 aromatic heterocycles. The highest BCUT2D eigenvalue weighted by Gasteiger charge is 2.30. The van der Waals surface area contributed by atoms with E-state index in [-0.39, 0.29) is 0 Å². The van der Waals surface area contributed by atoms with Crippen LogP contribution in [0.1, 0.15) is 25.0 Å². The van der Waals surface area contributed by atoms with Crippen molar-refractivity contribution in [2.45, 2.75) is 19.4 Å². The lowest BCUT2D eigenvalue weighted by Gasteiger charge is -2.24. The monoisotopic (exact) mass is 322 g/mol. The number of nitrogens with zero attached hydrogens (tertiary/aromatic N) is 1. The normalized spacial score (nSPS) is 16.7. The number of hydrogen-bond acceptors (Lipinski definition) is 3. The Bertz CT molecular complexity index is 551.